The second kappa shape index (κ2) is 9.14. The van der Waals surface area contributed by atoms with Crippen LogP contribution in [0, 0.1) is 0 Å². The highest BCUT2D eigenvalue weighted by atomic mass is 79.9. The number of carbonyl (C=O) groups is 2. The first-order chi connectivity index (χ1) is 13.5. The van der Waals surface area contributed by atoms with Crippen molar-refractivity contribution in [1.82, 2.24) is 5.43 Å². The number of aromatic hydroxyl groups is 1. The van der Waals surface area contributed by atoms with Crippen LogP contribution in [-0.2, 0) is 9.59 Å². The number of nitrogens with zero attached hydrogens (tertiary/aromatic N) is 1. The normalized spacial score (nSPS) is 10.9. The minimum atomic E-state index is -0.387. The smallest absolute Gasteiger partial charge is 0.240 e. The maximum absolute atomic E-state index is 11.9. The Bertz CT molecular complexity index is 1030. The molecule has 0 bridgehead atoms. The first-order valence-electron chi connectivity index (χ1n) is 8.61. The van der Waals surface area contributed by atoms with Gasteiger partial charge in [-0.1, -0.05) is 46.3 Å². The zero-order chi connectivity index (χ0) is 19.9. The minimum Gasteiger partial charge on any atom is -0.507 e. The molecule has 0 atom stereocenters. The van der Waals surface area contributed by atoms with Crippen LogP contribution in [0.3, 0.4) is 0 Å². The molecule has 0 heterocycles. The highest BCUT2D eigenvalue weighted by Crippen LogP contribution is 2.25. The second-order valence-corrected chi connectivity index (χ2v) is 6.98. The third kappa shape index (κ3) is 5.17. The van der Waals surface area contributed by atoms with Crippen LogP contribution in [0.1, 0.15) is 18.4 Å². The number of fused-ring (bicyclic) bond motifs is 1. The molecule has 0 unspecified atom stereocenters. The summed E-state index contributed by atoms with van der Waals surface area (Å²) >= 11 is 3.33. The Kier molecular flexibility index (Phi) is 6.39. The van der Waals surface area contributed by atoms with Crippen LogP contribution in [0.2, 0.25) is 0 Å². The molecule has 0 aliphatic heterocycles. The predicted octanol–water partition coefficient (Wildman–Crippen LogP) is 4.18. The molecule has 3 aromatic carbocycles. The lowest BCUT2D eigenvalue weighted by molar-refractivity contribution is -0.124. The molecule has 0 aromatic heterocycles. The average molecular weight is 440 g/mol. The van der Waals surface area contributed by atoms with Crippen molar-refractivity contribution in [2.24, 2.45) is 5.10 Å². The number of nitrogens with one attached hydrogen (secondary N) is 2. The number of phenolic OH excluding ortho intramolecular Hbond substituents is 1. The molecule has 2 amide bonds. The van der Waals surface area contributed by atoms with Crippen molar-refractivity contribution >= 4 is 50.4 Å². The molecule has 142 valence electrons. The van der Waals surface area contributed by atoms with Gasteiger partial charge in [0.15, 0.2) is 0 Å². The molecule has 0 radical (unpaired) electrons. The van der Waals surface area contributed by atoms with Gasteiger partial charge in [-0.25, -0.2) is 5.43 Å². The van der Waals surface area contributed by atoms with Gasteiger partial charge in [0.1, 0.15) is 5.75 Å². The summed E-state index contributed by atoms with van der Waals surface area (Å²) < 4.78 is 0.917. The van der Waals surface area contributed by atoms with Gasteiger partial charge in [0, 0.05) is 28.6 Å². The molecule has 7 heteroatoms. The number of carbonyl (C=O) groups excluding carboxylic acids is 2. The summed E-state index contributed by atoms with van der Waals surface area (Å²) in [5, 5.41) is 18.5. The third-order valence-electron chi connectivity index (χ3n) is 4.04. The Morgan fingerprint density at radius 1 is 0.964 bits per heavy atom. The zero-order valence-corrected chi connectivity index (χ0v) is 16.4. The van der Waals surface area contributed by atoms with Crippen molar-refractivity contribution in [3.05, 3.63) is 70.7 Å². The maximum atomic E-state index is 11.9. The predicted molar refractivity (Wildman–Crippen MR) is 113 cm³/mol. The van der Waals surface area contributed by atoms with Gasteiger partial charge in [0.25, 0.3) is 0 Å². The van der Waals surface area contributed by atoms with Crippen LogP contribution < -0.4 is 10.7 Å². The number of hydrogen-bond acceptors (Lipinski definition) is 4. The number of hydrazone groups is 1. The number of amides is 2. The van der Waals surface area contributed by atoms with Crippen LogP contribution >= 0.6 is 15.9 Å². The van der Waals surface area contributed by atoms with Gasteiger partial charge in [0.2, 0.25) is 11.8 Å². The minimum absolute atomic E-state index is 0.00121. The molecular formula is C21H18BrN3O3. The molecule has 0 spiro atoms. The molecule has 0 aliphatic carbocycles. The van der Waals surface area contributed by atoms with Crippen LogP contribution in [0.15, 0.2) is 70.2 Å². The van der Waals surface area contributed by atoms with Gasteiger partial charge in [-0.2, -0.15) is 5.10 Å². The van der Waals surface area contributed by atoms with Gasteiger partial charge in [-0.3, -0.25) is 9.59 Å². The number of anilines is 1. The van der Waals surface area contributed by atoms with Gasteiger partial charge >= 0.3 is 0 Å². The Labute approximate surface area is 170 Å². The summed E-state index contributed by atoms with van der Waals surface area (Å²) in [4.78, 5) is 23.8. The number of hydrogen-bond donors (Lipinski definition) is 3. The van der Waals surface area contributed by atoms with Crippen LogP contribution in [0.5, 0.6) is 5.75 Å². The highest BCUT2D eigenvalue weighted by molar-refractivity contribution is 9.10. The van der Waals surface area contributed by atoms with Crippen LogP contribution in [0.25, 0.3) is 10.8 Å². The molecule has 28 heavy (non-hydrogen) atoms. The molecule has 3 rings (SSSR count). The Hall–Kier alpha value is -3.19. The van der Waals surface area contributed by atoms with E-state index in [0.29, 0.717) is 11.3 Å². The van der Waals surface area contributed by atoms with Gasteiger partial charge in [0.05, 0.1) is 6.21 Å². The van der Waals surface area contributed by atoms with E-state index in [1.54, 1.807) is 18.2 Å². The van der Waals surface area contributed by atoms with Gasteiger partial charge in [-0.05, 0) is 41.1 Å². The molecule has 0 saturated carbocycles. The summed E-state index contributed by atoms with van der Waals surface area (Å²) in [6, 6.07) is 18.1. The SMILES string of the molecule is O=C(CCC(=O)Nc1ccc(Br)cc1)N/N=C/c1c(O)ccc2ccccc12. The van der Waals surface area contributed by atoms with Crippen molar-refractivity contribution < 1.29 is 14.7 Å². The fourth-order valence-electron chi connectivity index (χ4n) is 2.63. The van der Waals surface area contributed by atoms with Crippen molar-refractivity contribution in [2.45, 2.75) is 12.8 Å². The lowest BCUT2D eigenvalue weighted by Crippen LogP contribution is -2.20. The second-order valence-electron chi connectivity index (χ2n) is 6.07. The largest absolute Gasteiger partial charge is 0.507 e. The molecule has 0 fully saturated rings. The zero-order valence-electron chi connectivity index (χ0n) is 14.9. The first kappa shape index (κ1) is 19.6. The molecule has 0 saturated heterocycles. The fourth-order valence-corrected chi connectivity index (χ4v) is 2.89. The quantitative estimate of drug-likeness (QED) is 0.397. The fraction of sp³-hybridized carbons (Fsp3) is 0.0952. The Morgan fingerprint density at radius 3 is 2.46 bits per heavy atom. The molecular weight excluding hydrogens is 422 g/mol. The van der Waals surface area contributed by atoms with E-state index >= 15 is 0 Å². The van der Waals surface area contributed by atoms with Crippen LogP contribution in [0.4, 0.5) is 5.69 Å². The lowest BCUT2D eigenvalue weighted by Gasteiger charge is -2.06. The standard InChI is InChI=1S/C21H18BrN3O3/c22-15-6-8-16(9-7-15)24-20(27)11-12-21(28)25-23-13-18-17-4-2-1-3-14(17)5-10-19(18)26/h1-10,13,26H,11-12H2,(H,24,27)(H,25,28)/b23-13+. The van der Waals surface area contributed by atoms with E-state index in [1.165, 1.54) is 6.21 Å². The van der Waals surface area contributed by atoms with E-state index in [2.05, 4.69) is 31.8 Å². The lowest BCUT2D eigenvalue weighted by atomic mass is 10.0. The summed E-state index contributed by atoms with van der Waals surface area (Å²) in [5.41, 5.74) is 3.57. The summed E-state index contributed by atoms with van der Waals surface area (Å²) in [7, 11) is 0. The van der Waals surface area contributed by atoms with Crippen molar-refractivity contribution in [3.63, 3.8) is 0 Å². The van der Waals surface area contributed by atoms with E-state index in [1.807, 2.05) is 42.5 Å². The molecule has 3 aromatic rings. The average Bonchev–Trinajstić information content (AvgIpc) is 2.70. The molecule has 3 N–H and O–H groups in total. The van der Waals surface area contributed by atoms with E-state index in [0.717, 1.165) is 15.2 Å². The van der Waals surface area contributed by atoms with Crippen LogP contribution in [-0.4, -0.2) is 23.1 Å². The number of rotatable bonds is 6. The first-order valence-corrected chi connectivity index (χ1v) is 9.40. The molecule has 6 nitrogen and oxygen atoms in total. The van der Waals surface area contributed by atoms with E-state index in [4.69, 9.17) is 0 Å². The monoisotopic (exact) mass is 439 g/mol. The molecule has 0 aliphatic rings. The van der Waals surface area contributed by atoms with Crippen molar-refractivity contribution in [3.8, 4) is 5.75 Å². The highest BCUT2D eigenvalue weighted by Gasteiger charge is 2.08. The summed E-state index contributed by atoms with van der Waals surface area (Å²) in [6.07, 6.45) is 1.44. The maximum Gasteiger partial charge on any atom is 0.240 e. The van der Waals surface area contributed by atoms with Gasteiger partial charge < -0.3 is 10.4 Å². The topological polar surface area (TPSA) is 90.8 Å². The van der Waals surface area contributed by atoms with Crippen molar-refractivity contribution in [2.75, 3.05) is 5.32 Å². The summed E-state index contributed by atoms with van der Waals surface area (Å²) in [5.74, 6) is -0.569. The number of halogens is 1. The van der Waals surface area contributed by atoms with E-state index in [-0.39, 0.29) is 30.4 Å². The number of phenols is 1. The number of benzene rings is 3. The van der Waals surface area contributed by atoms with Gasteiger partial charge in [-0.15, -0.1) is 0 Å². The Morgan fingerprint density at radius 2 is 1.68 bits per heavy atom. The van der Waals surface area contributed by atoms with E-state index in [9.17, 15) is 14.7 Å². The Balaban J connectivity index is 1.52. The summed E-state index contributed by atoms with van der Waals surface area (Å²) in [6.45, 7) is 0. The van der Waals surface area contributed by atoms with E-state index < -0.39 is 0 Å². The third-order valence-corrected chi connectivity index (χ3v) is 4.57. The van der Waals surface area contributed by atoms with Crippen molar-refractivity contribution in [1.29, 1.82) is 0 Å².